The van der Waals surface area contributed by atoms with Gasteiger partial charge in [0.1, 0.15) is 5.82 Å². The first-order chi connectivity index (χ1) is 11.3. The Labute approximate surface area is 136 Å². The smallest absolute Gasteiger partial charge is 0.167 e. The Hall–Kier alpha value is -2.14. The van der Waals surface area contributed by atoms with Crippen LogP contribution < -0.4 is 0 Å². The molecule has 1 aliphatic heterocycles. The first-order valence-corrected chi connectivity index (χ1v) is 8.46. The number of hydrogen-bond donors (Lipinski definition) is 1. The summed E-state index contributed by atoms with van der Waals surface area (Å²) in [7, 11) is 0. The number of rotatable bonds is 4. The lowest BCUT2D eigenvalue weighted by molar-refractivity contribution is 0.241. The Morgan fingerprint density at radius 3 is 3.00 bits per heavy atom. The quantitative estimate of drug-likeness (QED) is 0.803. The van der Waals surface area contributed by atoms with Gasteiger partial charge in [-0.05, 0) is 50.9 Å². The lowest BCUT2D eigenvalue weighted by Gasteiger charge is -2.22. The molecule has 120 valence electrons. The number of nitrogens with zero attached hydrogens (tertiary/aromatic N) is 4. The Kier molecular flexibility index (Phi) is 3.65. The third kappa shape index (κ3) is 2.55. The minimum Gasteiger partial charge on any atom is -0.348 e. The molecule has 1 aromatic carbocycles. The Morgan fingerprint density at radius 2 is 2.22 bits per heavy atom. The van der Waals surface area contributed by atoms with Gasteiger partial charge in [-0.2, -0.15) is 5.10 Å². The number of likely N-dealkylation sites (tertiary alicyclic amines) is 1. The summed E-state index contributed by atoms with van der Waals surface area (Å²) in [4.78, 5) is 7.07. The van der Waals surface area contributed by atoms with Crippen LogP contribution in [0.3, 0.4) is 0 Å². The first-order valence-electron chi connectivity index (χ1n) is 8.46. The third-order valence-corrected chi connectivity index (χ3v) is 4.89. The van der Waals surface area contributed by atoms with Crippen LogP contribution in [0, 0.1) is 6.92 Å². The predicted molar refractivity (Wildman–Crippen MR) is 91.1 cm³/mol. The van der Waals surface area contributed by atoms with Gasteiger partial charge in [0.25, 0.3) is 0 Å². The van der Waals surface area contributed by atoms with Crippen LogP contribution in [-0.2, 0) is 13.1 Å². The highest BCUT2D eigenvalue weighted by Gasteiger charge is 2.29. The molecule has 0 bridgehead atoms. The number of nitrogens with one attached hydrogen (secondary N) is 1. The van der Waals surface area contributed by atoms with Crippen molar-refractivity contribution < 1.29 is 0 Å². The molecule has 1 N–H and O–H groups in total. The normalized spacial score (nSPS) is 19.0. The van der Waals surface area contributed by atoms with Crippen molar-refractivity contribution in [1.82, 2.24) is 24.6 Å². The van der Waals surface area contributed by atoms with Crippen molar-refractivity contribution >= 4 is 10.9 Å². The van der Waals surface area contributed by atoms with E-state index < -0.39 is 0 Å². The first kappa shape index (κ1) is 14.5. The number of aromatic amines is 1. The molecule has 4 rings (SSSR count). The van der Waals surface area contributed by atoms with E-state index in [0.717, 1.165) is 37.7 Å². The van der Waals surface area contributed by atoms with E-state index in [1.807, 2.05) is 6.92 Å². The second kappa shape index (κ2) is 5.81. The Morgan fingerprint density at radius 1 is 1.30 bits per heavy atom. The summed E-state index contributed by atoms with van der Waals surface area (Å²) >= 11 is 0. The number of H-pyrrole nitrogens is 1. The number of aryl methyl sites for hydroxylation is 2. The van der Waals surface area contributed by atoms with Gasteiger partial charge in [-0.3, -0.25) is 10.00 Å². The third-order valence-electron chi connectivity index (χ3n) is 4.89. The van der Waals surface area contributed by atoms with E-state index >= 15 is 0 Å². The second-order valence-electron chi connectivity index (χ2n) is 6.36. The van der Waals surface area contributed by atoms with Gasteiger partial charge in [0.15, 0.2) is 5.82 Å². The van der Waals surface area contributed by atoms with Gasteiger partial charge >= 0.3 is 0 Å². The molecule has 0 saturated carbocycles. The van der Waals surface area contributed by atoms with Crippen molar-refractivity contribution in [1.29, 1.82) is 0 Å². The number of fused-ring (bicyclic) bond motifs is 1. The molecule has 5 heteroatoms. The number of aromatic nitrogens is 4. The fraction of sp³-hybridized carbons (Fsp3) is 0.444. The molecule has 0 aliphatic carbocycles. The summed E-state index contributed by atoms with van der Waals surface area (Å²) in [6.45, 7) is 7.24. The SMILES string of the molecule is CCn1ccc2c(CN3CCCC3c3n[nH]c(C)n3)cccc21. The van der Waals surface area contributed by atoms with E-state index in [1.165, 1.54) is 22.9 Å². The van der Waals surface area contributed by atoms with E-state index in [-0.39, 0.29) is 0 Å². The van der Waals surface area contributed by atoms with E-state index in [1.54, 1.807) is 0 Å². The van der Waals surface area contributed by atoms with Crippen molar-refractivity contribution in [3.05, 3.63) is 47.7 Å². The fourth-order valence-electron chi connectivity index (χ4n) is 3.74. The Balaban J connectivity index is 1.63. The van der Waals surface area contributed by atoms with Crippen LogP contribution in [0.2, 0.25) is 0 Å². The van der Waals surface area contributed by atoms with Gasteiger partial charge in [0, 0.05) is 30.2 Å². The molecule has 3 heterocycles. The van der Waals surface area contributed by atoms with Gasteiger partial charge in [-0.15, -0.1) is 0 Å². The van der Waals surface area contributed by atoms with E-state index in [9.17, 15) is 0 Å². The summed E-state index contributed by atoms with van der Waals surface area (Å²) in [5, 5.41) is 8.73. The molecular formula is C18H23N5. The van der Waals surface area contributed by atoms with Crippen LogP contribution in [0.15, 0.2) is 30.5 Å². The fourth-order valence-corrected chi connectivity index (χ4v) is 3.74. The zero-order chi connectivity index (χ0) is 15.8. The minimum absolute atomic E-state index is 0.337. The molecule has 23 heavy (non-hydrogen) atoms. The summed E-state index contributed by atoms with van der Waals surface area (Å²) < 4.78 is 2.30. The van der Waals surface area contributed by atoms with Crippen molar-refractivity contribution in [3.8, 4) is 0 Å². The van der Waals surface area contributed by atoms with E-state index in [2.05, 4.69) is 62.0 Å². The summed E-state index contributed by atoms with van der Waals surface area (Å²) in [6, 6.07) is 9.22. The molecule has 0 spiro atoms. The topological polar surface area (TPSA) is 49.7 Å². The van der Waals surface area contributed by atoms with Crippen LogP contribution in [0.5, 0.6) is 0 Å². The van der Waals surface area contributed by atoms with Crippen LogP contribution in [0.25, 0.3) is 10.9 Å². The lowest BCUT2D eigenvalue weighted by atomic mass is 10.1. The summed E-state index contributed by atoms with van der Waals surface area (Å²) in [6.07, 6.45) is 4.54. The molecule has 2 aromatic heterocycles. The monoisotopic (exact) mass is 309 g/mol. The standard InChI is InChI=1S/C18H23N5/c1-3-22-11-9-15-14(6-4-7-16(15)22)12-23-10-5-8-17(23)18-19-13(2)20-21-18/h4,6-7,9,11,17H,3,5,8,10,12H2,1-2H3,(H,19,20,21). The van der Waals surface area contributed by atoms with E-state index in [4.69, 9.17) is 0 Å². The van der Waals surface area contributed by atoms with Crippen LogP contribution in [0.1, 0.15) is 43.0 Å². The number of hydrogen-bond acceptors (Lipinski definition) is 3. The van der Waals surface area contributed by atoms with Crippen LogP contribution in [-0.4, -0.2) is 31.2 Å². The van der Waals surface area contributed by atoms with Crippen LogP contribution in [0.4, 0.5) is 0 Å². The largest absolute Gasteiger partial charge is 0.348 e. The van der Waals surface area contributed by atoms with Crippen molar-refractivity contribution in [2.24, 2.45) is 0 Å². The molecule has 1 fully saturated rings. The highest BCUT2D eigenvalue weighted by atomic mass is 15.3. The average molecular weight is 309 g/mol. The van der Waals surface area contributed by atoms with Crippen molar-refractivity contribution in [2.75, 3.05) is 6.54 Å². The van der Waals surface area contributed by atoms with Gasteiger partial charge in [-0.25, -0.2) is 4.98 Å². The average Bonchev–Trinajstić information content (AvgIpc) is 3.26. The van der Waals surface area contributed by atoms with Gasteiger partial charge in [0.05, 0.1) is 6.04 Å². The maximum atomic E-state index is 4.55. The van der Waals surface area contributed by atoms with Crippen molar-refractivity contribution in [3.63, 3.8) is 0 Å². The molecule has 5 nitrogen and oxygen atoms in total. The van der Waals surface area contributed by atoms with Gasteiger partial charge < -0.3 is 4.57 Å². The zero-order valence-corrected chi connectivity index (χ0v) is 13.8. The Bertz CT molecular complexity index is 816. The summed E-state index contributed by atoms with van der Waals surface area (Å²) in [5.41, 5.74) is 2.73. The molecular weight excluding hydrogens is 286 g/mol. The van der Waals surface area contributed by atoms with Crippen molar-refractivity contribution in [2.45, 2.75) is 45.8 Å². The maximum Gasteiger partial charge on any atom is 0.167 e. The molecule has 1 aliphatic rings. The van der Waals surface area contributed by atoms with E-state index in [0.29, 0.717) is 6.04 Å². The second-order valence-corrected chi connectivity index (χ2v) is 6.36. The highest BCUT2D eigenvalue weighted by molar-refractivity contribution is 5.83. The summed E-state index contributed by atoms with van der Waals surface area (Å²) in [5.74, 6) is 1.84. The molecule has 1 saturated heterocycles. The molecule has 1 unspecified atom stereocenters. The molecule has 1 atom stereocenters. The lowest BCUT2D eigenvalue weighted by Crippen LogP contribution is -2.23. The maximum absolute atomic E-state index is 4.55. The highest BCUT2D eigenvalue weighted by Crippen LogP contribution is 2.32. The van der Waals surface area contributed by atoms with Crippen LogP contribution >= 0.6 is 0 Å². The number of benzene rings is 1. The predicted octanol–water partition coefficient (Wildman–Crippen LogP) is 3.42. The van der Waals surface area contributed by atoms with Gasteiger partial charge in [0.2, 0.25) is 0 Å². The molecule has 0 radical (unpaired) electrons. The molecule has 0 amide bonds. The minimum atomic E-state index is 0.337. The molecule has 3 aromatic rings. The van der Waals surface area contributed by atoms with Gasteiger partial charge in [-0.1, -0.05) is 12.1 Å². The zero-order valence-electron chi connectivity index (χ0n) is 13.8.